The molecule has 1 amide bonds. The highest BCUT2D eigenvalue weighted by Crippen LogP contribution is 2.22. The van der Waals surface area contributed by atoms with Gasteiger partial charge in [0.25, 0.3) is 5.56 Å². The van der Waals surface area contributed by atoms with E-state index < -0.39 is 0 Å². The molecule has 0 spiro atoms. The Labute approximate surface area is 161 Å². The number of aromatic nitrogens is 2. The summed E-state index contributed by atoms with van der Waals surface area (Å²) in [6.07, 6.45) is 1.91. The molecule has 0 saturated heterocycles. The molecule has 4 aromatic rings. The van der Waals surface area contributed by atoms with Crippen LogP contribution in [0.3, 0.4) is 0 Å². The van der Waals surface area contributed by atoms with E-state index in [-0.39, 0.29) is 17.9 Å². The van der Waals surface area contributed by atoms with Gasteiger partial charge in [0.15, 0.2) is 5.82 Å². The molecule has 0 bridgehead atoms. The average molecular weight is 373 g/mol. The van der Waals surface area contributed by atoms with Crippen LogP contribution in [0.15, 0.2) is 70.1 Å². The molecule has 0 atom stereocenters. The zero-order valence-electron chi connectivity index (χ0n) is 15.6. The maximum Gasteiger partial charge on any atom is 0.264 e. The number of nitrogens with one attached hydrogen (secondary N) is 1. The second kappa shape index (κ2) is 7.15. The molecular weight excluding hydrogens is 354 g/mol. The summed E-state index contributed by atoms with van der Waals surface area (Å²) in [7, 11) is 0. The monoisotopic (exact) mass is 373 g/mol. The summed E-state index contributed by atoms with van der Waals surface area (Å²) in [5, 5.41) is 7.99. The van der Waals surface area contributed by atoms with Gasteiger partial charge in [-0.15, -0.1) is 0 Å². The summed E-state index contributed by atoms with van der Waals surface area (Å²) in [5.74, 6) is 0.921. The van der Waals surface area contributed by atoms with E-state index in [1.54, 1.807) is 43.5 Å². The number of pyridine rings is 1. The zero-order valence-corrected chi connectivity index (χ0v) is 15.6. The van der Waals surface area contributed by atoms with Gasteiger partial charge in [0.1, 0.15) is 5.76 Å². The van der Waals surface area contributed by atoms with Gasteiger partial charge in [0, 0.05) is 28.7 Å². The summed E-state index contributed by atoms with van der Waals surface area (Å²) in [5.41, 5.74) is 2.47. The third-order valence-electron chi connectivity index (χ3n) is 4.57. The lowest BCUT2D eigenvalue weighted by Crippen LogP contribution is -2.19. The summed E-state index contributed by atoms with van der Waals surface area (Å²) in [6.45, 7) is 3.78. The highest BCUT2D eigenvalue weighted by atomic mass is 16.5. The number of nitrogens with zero attached hydrogens (tertiary/aromatic N) is 2. The summed E-state index contributed by atoms with van der Waals surface area (Å²) in [6, 6.07) is 16.6. The standard InChI is InChI=1S/C22H19N3O3/c1-14-6-8-16(9-7-14)13-21(26)23-19-5-3-4-18-17(19)10-11-25(22(18)27)20-12-15(2)28-24-20/h3-12H,13H2,1-2H3,(H,23,26). The fourth-order valence-corrected chi connectivity index (χ4v) is 3.12. The predicted octanol–water partition coefficient (Wildman–Crippen LogP) is 3.78. The molecule has 0 radical (unpaired) electrons. The third kappa shape index (κ3) is 3.44. The van der Waals surface area contributed by atoms with E-state index >= 15 is 0 Å². The molecule has 0 unspecified atom stereocenters. The van der Waals surface area contributed by atoms with Crippen molar-refractivity contribution in [3.63, 3.8) is 0 Å². The Morgan fingerprint density at radius 3 is 2.57 bits per heavy atom. The van der Waals surface area contributed by atoms with Gasteiger partial charge in [-0.1, -0.05) is 41.1 Å². The molecule has 2 heterocycles. The Morgan fingerprint density at radius 1 is 1.07 bits per heavy atom. The second-order valence-electron chi connectivity index (χ2n) is 6.76. The maximum atomic E-state index is 12.9. The van der Waals surface area contributed by atoms with Crippen molar-refractivity contribution in [1.82, 2.24) is 9.72 Å². The van der Waals surface area contributed by atoms with Crippen molar-refractivity contribution in [1.29, 1.82) is 0 Å². The SMILES string of the molecule is Cc1ccc(CC(=O)Nc2cccc3c(=O)n(-c4cc(C)on4)ccc23)cc1. The van der Waals surface area contributed by atoms with Crippen molar-refractivity contribution >= 4 is 22.4 Å². The van der Waals surface area contributed by atoms with Gasteiger partial charge >= 0.3 is 0 Å². The highest BCUT2D eigenvalue weighted by molar-refractivity contribution is 6.02. The largest absolute Gasteiger partial charge is 0.360 e. The molecule has 0 fully saturated rings. The van der Waals surface area contributed by atoms with Gasteiger partial charge in [-0.25, -0.2) is 0 Å². The van der Waals surface area contributed by atoms with Crippen LogP contribution in [-0.2, 0) is 11.2 Å². The first-order valence-corrected chi connectivity index (χ1v) is 8.95. The predicted molar refractivity (Wildman–Crippen MR) is 108 cm³/mol. The number of hydrogen-bond acceptors (Lipinski definition) is 4. The van der Waals surface area contributed by atoms with Crippen LogP contribution in [0, 0.1) is 13.8 Å². The fraction of sp³-hybridized carbons (Fsp3) is 0.136. The normalized spacial score (nSPS) is 10.9. The number of anilines is 1. The molecule has 1 N–H and O–H groups in total. The first-order valence-electron chi connectivity index (χ1n) is 8.95. The van der Waals surface area contributed by atoms with Crippen LogP contribution in [0.2, 0.25) is 0 Å². The van der Waals surface area contributed by atoms with E-state index in [1.165, 1.54) is 4.57 Å². The highest BCUT2D eigenvalue weighted by Gasteiger charge is 2.12. The molecule has 140 valence electrons. The minimum absolute atomic E-state index is 0.132. The van der Waals surface area contributed by atoms with Crippen molar-refractivity contribution in [3.8, 4) is 5.82 Å². The van der Waals surface area contributed by atoms with E-state index in [0.717, 1.165) is 11.1 Å². The van der Waals surface area contributed by atoms with Crippen LogP contribution in [0.1, 0.15) is 16.9 Å². The quantitative estimate of drug-likeness (QED) is 0.591. The Kier molecular flexibility index (Phi) is 4.53. The number of benzene rings is 2. The first kappa shape index (κ1) is 17.7. The summed E-state index contributed by atoms with van der Waals surface area (Å²) in [4.78, 5) is 25.3. The van der Waals surface area contributed by atoms with Gasteiger partial charge < -0.3 is 9.84 Å². The number of aryl methyl sites for hydroxylation is 2. The lowest BCUT2D eigenvalue weighted by molar-refractivity contribution is -0.115. The van der Waals surface area contributed by atoms with Crippen molar-refractivity contribution in [3.05, 3.63) is 88.0 Å². The van der Waals surface area contributed by atoms with E-state index in [2.05, 4.69) is 10.5 Å². The van der Waals surface area contributed by atoms with Crippen molar-refractivity contribution in [2.24, 2.45) is 0 Å². The van der Waals surface area contributed by atoms with Crippen LogP contribution in [0.4, 0.5) is 5.69 Å². The molecule has 0 aliphatic heterocycles. The Bertz CT molecular complexity index is 1220. The first-order chi connectivity index (χ1) is 13.5. The van der Waals surface area contributed by atoms with Crippen LogP contribution in [-0.4, -0.2) is 15.6 Å². The zero-order chi connectivity index (χ0) is 19.7. The second-order valence-corrected chi connectivity index (χ2v) is 6.76. The smallest absolute Gasteiger partial charge is 0.264 e. The minimum atomic E-state index is -0.222. The third-order valence-corrected chi connectivity index (χ3v) is 4.57. The van der Waals surface area contributed by atoms with Crippen molar-refractivity contribution < 1.29 is 9.32 Å². The van der Waals surface area contributed by atoms with Gasteiger partial charge in [-0.3, -0.25) is 14.2 Å². The average Bonchev–Trinajstić information content (AvgIpc) is 3.10. The van der Waals surface area contributed by atoms with Crippen LogP contribution < -0.4 is 10.9 Å². The molecule has 6 heteroatoms. The topological polar surface area (TPSA) is 77.1 Å². The Morgan fingerprint density at radius 2 is 1.86 bits per heavy atom. The molecule has 4 rings (SSSR count). The minimum Gasteiger partial charge on any atom is -0.360 e. The summed E-state index contributed by atoms with van der Waals surface area (Å²) < 4.78 is 6.49. The number of carbonyl (C=O) groups excluding carboxylic acids is 1. The van der Waals surface area contributed by atoms with Gasteiger partial charge in [-0.2, -0.15) is 0 Å². The lowest BCUT2D eigenvalue weighted by Gasteiger charge is -2.10. The Hall–Kier alpha value is -3.67. The number of carbonyl (C=O) groups is 1. The van der Waals surface area contributed by atoms with E-state index in [4.69, 9.17) is 4.52 Å². The number of rotatable bonds is 4. The number of hydrogen-bond donors (Lipinski definition) is 1. The molecule has 2 aromatic carbocycles. The molecule has 0 aliphatic rings. The van der Waals surface area contributed by atoms with E-state index in [0.29, 0.717) is 28.0 Å². The van der Waals surface area contributed by atoms with E-state index in [9.17, 15) is 9.59 Å². The lowest BCUT2D eigenvalue weighted by atomic mass is 10.1. The number of amides is 1. The molecular formula is C22H19N3O3. The Balaban J connectivity index is 1.64. The number of fused-ring (bicyclic) bond motifs is 1. The van der Waals surface area contributed by atoms with Gasteiger partial charge in [0.05, 0.1) is 6.42 Å². The van der Waals surface area contributed by atoms with Crippen molar-refractivity contribution in [2.75, 3.05) is 5.32 Å². The van der Waals surface area contributed by atoms with Gasteiger partial charge in [-0.05, 0) is 37.6 Å². The fourth-order valence-electron chi connectivity index (χ4n) is 3.12. The maximum absolute atomic E-state index is 12.9. The molecule has 2 aromatic heterocycles. The molecule has 28 heavy (non-hydrogen) atoms. The van der Waals surface area contributed by atoms with Crippen LogP contribution >= 0.6 is 0 Å². The molecule has 6 nitrogen and oxygen atoms in total. The molecule has 0 saturated carbocycles. The van der Waals surface area contributed by atoms with Crippen LogP contribution in [0.5, 0.6) is 0 Å². The van der Waals surface area contributed by atoms with Crippen LogP contribution in [0.25, 0.3) is 16.6 Å². The van der Waals surface area contributed by atoms with E-state index in [1.807, 2.05) is 31.2 Å². The van der Waals surface area contributed by atoms with Crippen molar-refractivity contribution in [2.45, 2.75) is 20.3 Å². The summed E-state index contributed by atoms with van der Waals surface area (Å²) >= 11 is 0. The molecule has 0 aliphatic carbocycles. The van der Waals surface area contributed by atoms with Gasteiger partial charge in [0.2, 0.25) is 5.91 Å².